The lowest BCUT2D eigenvalue weighted by molar-refractivity contribution is -0.164. The lowest BCUT2D eigenvalue weighted by Crippen LogP contribution is -2.44. The first-order valence-corrected chi connectivity index (χ1v) is 8.88. The molecule has 0 spiro atoms. The Labute approximate surface area is 144 Å². The lowest BCUT2D eigenvalue weighted by Gasteiger charge is -2.34. The standard InChI is InChI=1S/C18H22F3NO3/c19-18(20,21)12-3-6-16(17(7-12)24-10-11-1-2-11)25-15-8-13-4-5-14(9-15)22(13)23/h3,6-7,11,13-15,23H,1-2,4-5,8-10H2/t13-,14-/m1/s1. The second kappa shape index (κ2) is 6.36. The molecule has 1 N–H and O–H groups in total. The molecule has 4 nitrogen and oxygen atoms in total. The summed E-state index contributed by atoms with van der Waals surface area (Å²) in [6, 6.07) is 3.59. The fraction of sp³-hybridized carbons (Fsp3) is 0.667. The Hall–Kier alpha value is -1.47. The summed E-state index contributed by atoms with van der Waals surface area (Å²) < 4.78 is 50.6. The Morgan fingerprint density at radius 1 is 1.04 bits per heavy atom. The number of hydrogen-bond acceptors (Lipinski definition) is 4. The van der Waals surface area contributed by atoms with E-state index < -0.39 is 11.7 Å². The molecule has 3 fully saturated rings. The Bertz CT molecular complexity index is 618. The van der Waals surface area contributed by atoms with Crippen LogP contribution in [-0.4, -0.2) is 35.1 Å². The number of fused-ring (bicyclic) bond motifs is 2. The molecule has 1 aliphatic carbocycles. The normalized spacial score (nSPS) is 29.7. The van der Waals surface area contributed by atoms with Crippen LogP contribution in [0.5, 0.6) is 11.5 Å². The van der Waals surface area contributed by atoms with Crippen LogP contribution < -0.4 is 9.47 Å². The van der Waals surface area contributed by atoms with E-state index in [1.54, 1.807) is 0 Å². The van der Waals surface area contributed by atoms with Crippen LogP contribution in [0, 0.1) is 5.92 Å². The van der Waals surface area contributed by atoms with Crippen LogP contribution in [0.2, 0.25) is 0 Å². The average Bonchev–Trinajstić information content (AvgIpc) is 3.35. The summed E-state index contributed by atoms with van der Waals surface area (Å²) in [5.41, 5.74) is -0.726. The van der Waals surface area contributed by atoms with Crippen molar-refractivity contribution in [3.63, 3.8) is 0 Å². The summed E-state index contributed by atoms with van der Waals surface area (Å²) >= 11 is 0. The van der Waals surface area contributed by atoms with Crippen molar-refractivity contribution in [2.24, 2.45) is 5.92 Å². The predicted octanol–water partition coefficient (Wildman–Crippen LogP) is 4.26. The Balaban J connectivity index is 1.51. The van der Waals surface area contributed by atoms with E-state index in [2.05, 4.69) is 0 Å². The number of hydrogen-bond donors (Lipinski definition) is 1. The summed E-state index contributed by atoms with van der Waals surface area (Å²) in [4.78, 5) is 0. The fourth-order valence-corrected chi connectivity index (χ4v) is 3.76. The van der Waals surface area contributed by atoms with Gasteiger partial charge in [-0.3, -0.25) is 0 Å². The molecule has 2 heterocycles. The van der Waals surface area contributed by atoms with Gasteiger partial charge in [0, 0.05) is 24.9 Å². The zero-order valence-electron chi connectivity index (χ0n) is 13.8. The third-order valence-corrected chi connectivity index (χ3v) is 5.39. The molecule has 0 amide bonds. The first-order valence-electron chi connectivity index (χ1n) is 8.88. The Morgan fingerprint density at radius 3 is 2.32 bits per heavy atom. The van der Waals surface area contributed by atoms with Gasteiger partial charge in [0.25, 0.3) is 0 Å². The van der Waals surface area contributed by atoms with Crippen molar-refractivity contribution < 1.29 is 27.9 Å². The minimum Gasteiger partial charge on any atom is -0.489 e. The summed E-state index contributed by atoms with van der Waals surface area (Å²) in [5, 5.41) is 11.4. The van der Waals surface area contributed by atoms with Gasteiger partial charge >= 0.3 is 6.18 Å². The van der Waals surface area contributed by atoms with E-state index in [9.17, 15) is 18.4 Å². The van der Waals surface area contributed by atoms with Gasteiger partial charge < -0.3 is 14.7 Å². The maximum Gasteiger partial charge on any atom is 0.416 e. The Morgan fingerprint density at radius 2 is 1.72 bits per heavy atom. The monoisotopic (exact) mass is 357 g/mol. The van der Waals surface area contributed by atoms with Crippen molar-refractivity contribution in [1.82, 2.24) is 5.06 Å². The first-order chi connectivity index (χ1) is 11.9. The molecular formula is C18H22F3NO3. The fourth-order valence-electron chi connectivity index (χ4n) is 3.76. The first kappa shape index (κ1) is 17.0. The van der Waals surface area contributed by atoms with Gasteiger partial charge in [0.1, 0.15) is 6.10 Å². The molecule has 4 rings (SSSR count). The van der Waals surface area contributed by atoms with Gasteiger partial charge in [-0.2, -0.15) is 18.2 Å². The van der Waals surface area contributed by atoms with Crippen molar-refractivity contribution in [3.8, 4) is 11.5 Å². The molecule has 1 aromatic rings. The highest BCUT2D eigenvalue weighted by atomic mass is 19.4. The van der Waals surface area contributed by atoms with E-state index in [1.807, 2.05) is 0 Å². The van der Waals surface area contributed by atoms with Crippen molar-refractivity contribution in [2.75, 3.05) is 6.61 Å². The van der Waals surface area contributed by atoms with Crippen molar-refractivity contribution in [2.45, 2.75) is 62.9 Å². The second-order valence-electron chi connectivity index (χ2n) is 7.39. The molecule has 138 valence electrons. The highest BCUT2D eigenvalue weighted by molar-refractivity contribution is 5.44. The molecule has 2 bridgehead atoms. The number of benzene rings is 1. The zero-order valence-corrected chi connectivity index (χ0v) is 13.8. The van der Waals surface area contributed by atoms with Crippen LogP contribution in [-0.2, 0) is 6.18 Å². The van der Waals surface area contributed by atoms with Crippen LogP contribution in [0.3, 0.4) is 0 Å². The summed E-state index contributed by atoms with van der Waals surface area (Å²) in [6.45, 7) is 0.429. The number of rotatable bonds is 5. The lowest BCUT2D eigenvalue weighted by atomic mass is 10.0. The minimum atomic E-state index is -4.41. The molecule has 1 aromatic carbocycles. The molecule has 0 aromatic heterocycles. The maximum atomic E-state index is 13.0. The third kappa shape index (κ3) is 3.72. The van der Waals surface area contributed by atoms with Gasteiger partial charge in [0.2, 0.25) is 0 Å². The summed E-state index contributed by atoms with van der Waals surface area (Å²) in [7, 11) is 0. The number of nitrogens with zero attached hydrogens (tertiary/aromatic N) is 1. The van der Waals surface area contributed by atoms with Crippen LogP contribution >= 0.6 is 0 Å². The van der Waals surface area contributed by atoms with Gasteiger partial charge in [0.05, 0.1) is 12.2 Å². The molecule has 0 radical (unpaired) electrons. The molecule has 7 heteroatoms. The number of hydroxylamine groups is 2. The SMILES string of the molecule is ON1[C@@H]2CC[C@@H]1CC(Oc1ccc(C(F)(F)F)cc1OCC1CC1)C2. The van der Waals surface area contributed by atoms with Gasteiger partial charge in [-0.25, -0.2) is 0 Å². The molecule has 0 unspecified atom stereocenters. The number of piperidine rings is 1. The molecular weight excluding hydrogens is 335 g/mol. The van der Waals surface area contributed by atoms with Crippen LogP contribution in [0.4, 0.5) is 13.2 Å². The van der Waals surface area contributed by atoms with Crippen molar-refractivity contribution >= 4 is 0 Å². The topological polar surface area (TPSA) is 41.9 Å². The predicted molar refractivity (Wildman–Crippen MR) is 83.7 cm³/mol. The molecule has 2 saturated heterocycles. The van der Waals surface area contributed by atoms with Gasteiger partial charge in [0.15, 0.2) is 11.5 Å². The van der Waals surface area contributed by atoms with E-state index >= 15 is 0 Å². The molecule has 1 saturated carbocycles. The zero-order chi connectivity index (χ0) is 17.6. The average molecular weight is 357 g/mol. The van der Waals surface area contributed by atoms with E-state index in [-0.39, 0.29) is 23.9 Å². The smallest absolute Gasteiger partial charge is 0.416 e. The van der Waals surface area contributed by atoms with Crippen LogP contribution in [0.25, 0.3) is 0 Å². The molecule has 3 aliphatic rings. The highest BCUT2D eigenvalue weighted by Crippen LogP contribution is 2.41. The van der Waals surface area contributed by atoms with Crippen molar-refractivity contribution in [3.05, 3.63) is 23.8 Å². The van der Waals surface area contributed by atoms with Gasteiger partial charge in [-0.1, -0.05) is 0 Å². The van der Waals surface area contributed by atoms with Gasteiger partial charge in [-0.05, 0) is 49.8 Å². The largest absolute Gasteiger partial charge is 0.489 e. The quantitative estimate of drug-likeness (QED) is 0.855. The van der Waals surface area contributed by atoms with Gasteiger partial charge in [-0.15, -0.1) is 0 Å². The number of alkyl halides is 3. The van der Waals surface area contributed by atoms with E-state index in [0.717, 1.165) is 37.8 Å². The maximum absolute atomic E-state index is 13.0. The van der Waals surface area contributed by atoms with Crippen molar-refractivity contribution in [1.29, 1.82) is 0 Å². The van der Waals surface area contributed by atoms with E-state index in [0.29, 0.717) is 31.1 Å². The van der Waals surface area contributed by atoms with Crippen LogP contribution in [0.1, 0.15) is 44.1 Å². The highest BCUT2D eigenvalue weighted by Gasteiger charge is 2.41. The van der Waals surface area contributed by atoms with E-state index in [1.165, 1.54) is 11.1 Å². The number of ether oxygens (including phenoxy) is 2. The minimum absolute atomic E-state index is 0.0778. The second-order valence-corrected chi connectivity index (χ2v) is 7.39. The Kier molecular flexibility index (Phi) is 4.32. The molecule has 2 aliphatic heterocycles. The summed E-state index contributed by atoms with van der Waals surface area (Å²) in [6.07, 6.45) is 0.823. The molecule has 2 atom stereocenters. The third-order valence-electron chi connectivity index (χ3n) is 5.39. The van der Waals surface area contributed by atoms with Crippen LogP contribution in [0.15, 0.2) is 18.2 Å². The molecule has 25 heavy (non-hydrogen) atoms. The summed E-state index contributed by atoms with van der Waals surface area (Å²) in [5.74, 6) is 0.973. The van der Waals surface area contributed by atoms with E-state index in [4.69, 9.17) is 9.47 Å². The number of halogens is 3.